The Morgan fingerprint density at radius 2 is 1.95 bits per heavy atom. The number of nitrogens with zero attached hydrogens (tertiary/aromatic N) is 8. The molecule has 18 heteroatoms. The zero-order valence-electron chi connectivity index (χ0n) is 21.2. The van der Waals surface area contributed by atoms with E-state index in [2.05, 4.69) is 31.6 Å². The number of nitrogens with two attached hydrogens (primary N) is 2. The van der Waals surface area contributed by atoms with Gasteiger partial charge in [0.05, 0.1) is 18.6 Å². The zero-order chi connectivity index (χ0) is 29.4. The molecule has 0 aliphatic carbocycles. The number of fused-ring (bicyclic) bond motifs is 1. The van der Waals surface area contributed by atoms with Crippen molar-refractivity contribution < 1.29 is 40.1 Å². The minimum atomic E-state index is -1.96. The van der Waals surface area contributed by atoms with Crippen LogP contribution in [-0.2, 0) is 9.47 Å². The van der Waals surface area contributed by atoms with Crippen molar-refractivity contribution in [3.63, 3.8) is 0 Å². The Bertz CT molecular complexity index is 1370. The fraction of sp³-hybridized carbons (Fsp3) is 0.500. The summed E-state index contributed by atoms with van der Waals surface area (Å²) in [7, 11) is 0. The first-order valence-electron chi connectivity index (χ1n) is 11.9. The summed E-state index contributed by atoms with van der Waals surface area (Å²) in [5.74, 6) is 0.726. The van der Waals surface area contributed by atoms with Gasteiger partial charge in [-0.05, 0) is 24.6 Å². The molecule has 2 unspecified atom stereocenters. The number of amidine groups is 1. The lowest BCUT2D eigenvalue weighted by molar-refractivity contribution is -0.130. The van der Waals surface area contributed by atoms with E-state index < -0.39 is 54.8 Å². The highest BCUT2D eigenvalue weighted by Gasteiger charge is 2.56. The first-order chi connectivity index (χ1) is 18.9. The largest absolute Gasteiger partial charge is 0.394 e. The molecule has 216 valence electrons. The van der Waals surface area contributed by atoms with Crippen molar-refractivity contribution in [1.29, 1.82) is 0 Å². The minimum absolute atomic E-state index is 0.177. The van der Waals surface area contributed by atoms with Crippen LogP contribution in [0.3, 0.4) is 0 Å². The summed E-state index contributed by atoms with van der Waals surface area (Å²) in [4.78, 5) is 15.7. The van der Waals surface area contributed by atoms with Crippen molar-refractivity contribution in [1.82, 2.24) is 19.4 Å². The number of aromatic nitrogens is 3. The van der Waals surface area contributed by atoms with Gasteiger partial charge in [0.15, 0.2) is 12.5 Å². The van der Waals surface area contributed by atoms with Gasteiger partial charge < -0.3 is 61.0 Å². The normalized spacial score (nSPS) is 35.3. The standard InChI is InChI=1S/C12H16N4O4.C10H14N6O4/c1-12(19)8(18)7(4-17)20-11(12)16-3-2-6-9(13)14-5-15-10(6)16;1-5-13-6(11)2-3-16(5)9-7(18)8(19)10(4-17,20-9)14-15-12/h2-3,5,7-8,11,17-19H,4H2,1H3,(H2,13,14,15);2-3,7-9,17-19H,1,4H2,(H2,11,13)/t7-,8?,11-,12+;7-,8?,9+,10+/m10/s1. The molecular formula is C22H30N10O8. The van der Waals surface area contributed by atoms with Gasteiger partial charge >= 0.3 is 0 Å². The van der Waals surface area contributed by atoms with Gasteiger partial charge in [-0.2, -0.15) is 0 Å². The maximum atomic E-state index is 10.4. The monoisotopic (exact) mass is 562 g/mol. The van der Waals surface area contributed by atoms with Gasteiger partial charge in [-0.15, -0.1) is 0 Å². The summed E-state index contributed by atoms with van der Waals surface area (Å²) in [6, 6.07) is 1.71. The van der Waals surface area contributed by atoms with Gasteiger partial charge in [-0.25, -0.2) is 15.0 Å². The summed E-state index contributed by atoms with van der Waals surface area (Å²) in [6.45, 7) is 3.92. The third-order valence-corrected chi connectivity index (χ3v) is 6.81. The molecule has 2 aromatic heterocycles. The van der Waals surface area contributed by atoms with Crippen LogP contribution in [0.4, 0.5) is 5.82 Å². The van der Waals surface area contributed by atoms with Gasteiger partial charge in [0.25, 0.3) is 0 Å². The Kier molecular flexibility index (Phi) is 7.99. The lowest BCUT2D eigenvalue weighted by Crippen LogP contribution is -2.44. The summed E-state index contributed by atoms with van der Waals surface area (Å²) >= 11 is 0. The highest BCUT2D eigenvalue weighted by atomic mass is 16.6. The van der Waals surface area contributed by atoms with Crippen LogP contribution in [0.2, 0.25) is 0 Å². The highest BCUT2D eigenvalue weighted by molar-refractivity contribution is 5.92. The van der Waals surface area contributed by atoms with Gasteiger partial charge in [0, 0.05) is 17.3 Å². The van der Waals surface area contributed by atoms with Crippen molar-refractivity contribution in [3.8, 4) is 0 Å². The molecule has 2 aromatic rings. The predicted octanol–water partition coefficient (Wildman–Crippen LogP) is -2.26. The van der Waals surface area contributed by atoms with E-state index in [4.69, 9.17) is 26.5 Å². The topological polar surface area (TPSA) is 287 Å². The number of aliphatic hydroxyl groups is 6. The van der Waals surface area contributed by atoms with Crippen LogP contribution in [0.25, 0.3) is 21.5 Å². The molecule has 10 N–H and O–H groups in total. The molecular weight excluding hydrogens is 532 g/mol. The van der Waals surface area contributed by atoms with Gasteiger partial charge in [0.2, 0.25) is 5.72 Å². The third kappa shape index (κ3) is 4.83. The maximum Gasteiger partial charge on any atom is 0.200 e. The van der Waals surface area contributed by atoms with Crippen molar-refractivity contribution in [2.75, 3.05) is 18.9 Å². The number of hydrogen-bond donors (Lipinski definition) is 8. The molecule has 3 aliphatic rings. The lowest BCUT2D eigenvalue weighted by atomic mass is 9.96. The van der Waals surface area contributed by atoms with Gasteiger partial charge in [-0.3, -0.25) is 0 Å². The van der Waals surface area contributed by atoms with Crippen LogP contribution < -0.4 is 11.5 Å². The van der Waals surface area contributed by atoms with Crippen molar-refractivity contribution in [3.05, 3.63) is 53.7 Å². The Labute approximate surface area is 226 Å². The molecule has 18 nitrogen and oxygen atoms in total. The van der Waals surface area contributed by atoms with Crippen LogP contribution in [0.5, 0.6) is 0 Å². The van der Waals surface area contributed by atoms with Crippen molar-refractivity contribution in [2.24, 2.45) is 15.8 Å². The summed E-state index contributed by atoms with van der Waals surface area (Å²) in [6.07, 6.45) is -1.22. The second kappa shape index (κ2) is 11.0. The Morgan fingerprint density at radius 1 is 1.23 bits per heavy atom. The molecule has 5 rings (SSSR count). The van der Waals surface area contributed by atoms with E-state index in [0.29, 0.717) is 16.9 Å². The van der Waals surface area contributed by atoms with E-state index in [1.807, 2.05) is 0 Å². The van der Waals surface area contributed by atoms with Crippen molar-refractivity contribution in [2.45, 2.75) is 55.1 Å². The molecule has 0 saturated carbocycles. The maximum absolute atomic E-state index is 10.4. The molecule has 0 amide bonds. The smallest absolute Gasteiger partial charge is 0.200 e. The number of nitrogen functional groups attached to an aromatic ring is 1. The fourth-order valence-electron chi connectivity index (χ4n) is 4.60. The summed E-state index contributed by atoms with van der Waals surface area (Å²) in [5.41, 5.74) is 16.7. The summed E-state index contributed by atoms with van der Waals surface area (Å²) in [5, 5.41) is 62.8. The molecule has 2 fully saturated rings. The molecule has 5 heterocycles. The van der Waals surface area contributed by atoms with E-state index in [-0.39, 0.29) is 18.3 Å². The van der Waals surface area contributed by atoms with E-state index in [0.717, 1.165) is 0 Å². The van der Waals surface area contributed by atoms with E-state index >= 15 is 0 Å². The number of rotatable bonds is 5. The van der Waals surface area contributed by atoms with Crippen LogP contribution in [0, 0.1) is 0 Å². The third-order valence-electron chi connectivity index (χ3n) is 6.81. The number of aliphatic hydroxyl groups excluding tert-OH is 5. The molecule has 40 heavy (non-hydrogen) atoms. The predicted molar refractivity (Wildman–Crippen MR) is 137 cm³/mol. The summed E-state index contributed by atoms with van der Waals surface area (Å²) < 4.78 is 12.5. The Balaban J connectivity index is 0.000000185. The van der Waals surface area contributed by atoms with Crippen LogP contribution in [-0.4, -0.2) is 111 Å². The van der Waals surface area contributed by atoms with E-state index in [1.165, 1.54) is 30.4 Å². The first-order valence-corrected chi connectivity index (χ1v) is 11.9. The van der Waals surface area contributed by atoms with E-state index in [9.17, 15) is 30.6 Å². The molecule has 0 radical (unpaired) electrons. The first kappa shape index (κ1) is 29.2. The Hall–Kier alpha value is -3.84. The average Bonchev–Trinajstić information content (AvgIpc) is 3.53. The quantitative estimate of drug-likeness (QED) is 0.109. The second-order valence-corrected chi connectivity index (χ2v) is 9.41. The minimum Gasteiger partial charge on any atom is -0.394 e. The van der Waals surface area contributed by atoms with E-state index in [1.54, 1.807) is 16.8 Å². The average molecular weight is 563 g/mol. The fourth-order valence-corrected chi connectivity index (χ4v) is 4.60. The molecule has 0 spiro atoms. The zero-order valence-corrected chi connectivity index (χ0v) is 21.2. The highest BCUT2D eigenvalue weighted by Crippen LogP contribution is 2.40. The molecule has 8 atom stereocenters. The number of azide groups is 1. The number of ether oxygens (including phenoxy) is 2. The van der Waals surface area contributed by atoms with Crippen molar-refractivity contribution >= 4 is 22.7 Å². The molecule has 2 saturated heterocycles. The second-order valence-electron chi connectivity index (χ2n) is 9.41. The lowest BCUT2D eigenvalue weighted by Gasteiger charge is -2.31. The van der Waals surface area contributed by atoms with Crippen LogP contribution in [0.1, 0.15) is 13.2 Å². The molecule has 0 aromatic carbocycles. The van der Waals surface area contributed by atoms with Crippen LogP contribution >= 0.6 is 0 Å². The van der Waals surface area contributed by atoms with Gasteiger partial charge in [0.1, 0.15) is 59.5 Å². The Morgan fingerprint density at radius 3 is 2.55 bits per heavy atom. The van der Waals surface area contributed by atoms with Gasteiger partial charge in [-0.1, -0.05) is 11.7 Å². The van der Waals surface area contributed by atoms with Crippen LogP contribution in [0.15, 0.2) is 53.4 Å². The SMILES string of the molecule is C=C1N=C(N)C=CN1[C@@H]1O[C@@](CO)(N=[N+]=[N-])C(O)[C@@H]1O.C[C@]1(O)C(O)[C@@H](CO)O[C@H]1n1ccc2c(N)ncnc21. The molecule has 3 aliphatic heterocycles. The number of anilines is 1. The molecule has 0 bridgehead atoms. The number of aliphatic imine (C=N–C) groups is 1. The number of hydrogen-bond acceptors (Lipinski definition) is 15.